The number of carbonyl (C=O) groups excluding carboxylic acids is 1. The fraction of sp³-hybridized carbons (Fsp3) is 0.500. The molecule has 0 bridgehead atoms. The molecule has 1 aliphatic rings. The molecule has 1 amide bonds. The van der Waals surface area contributed by atoms with Crippen LogP contribution in [0.25, 0.3) is 0 Å². The van der Waals surface area contributed by atoms with E-state index in [-0.39, 0.29) is 37.7 Å². The summed E-state index contributed by atoms with van der Waals surface area (Å²) in [5.41, 5.74) is -0.125. The third-order valence-corrected chi connectivity index (χ3v) is 5.84. The van der Waals surface area contributed by atoms with Crippen LogP contribution in [0.15, 0.2) is 23.1 Å². The molecule has 2 rings (SSSR count). The highest BCUT2D eigenvalue weighted by molar-refractivity contribution is 7.89. The Morgan fingerprint density at radius 2 is 1.92 bits per heavy atom. The zero-order valence-corrected chi connectivity index (χ0v) is 14.3. The standard InChI is InChI=1S/C14H19N3O6S/c1-3-23-14(18)15-7-9-16(10-8-15)24(21,22)13-11(2)5-4-6-12(13)17(19)20/h4-6H,3,7-10H2,1-2H3. The predicted molar refractivity (Wildman–Crippen MR) is 85.2 cm³/mol. The van der Waals surface area contributed by atoms with E-state index in [2.05, 4.69) is 0 Å². The number of hydrogen-bond acceptors (Lipinski definition) is 6. The normalized spacial score (nSPS) is 16.0. The van der Waals surface area contributed by atoms with E-state index in [1.54, 1.807) is 6.92 Å². The molecule has 1 heterocycles. The van der Waals surface area contributed by atoms with Crippen molar-refractivity contribution in [3.63, 3.8) is 0 Å². The molecule has 0 aromatic heterocycles. The van der Waals surface area contributed by atoms with E-state index in [0.717, 1.165) is 4.31 Å². The molecule has 0 radical (unpaired) electrons. The number of nitro groups is 1. The summed E-state index contributed by atoms with van der Waals surface area (Å²) in [5, 5.41) is 11.2. The summed E-state index contributed by atoms with van der Waals surface area (Å²) in [6.45, 7) is 3.94. The Morgan fingerprint density at radius 1 is 1.29 bits per heavy atom. The summed E-state index contributed by atoms with van der Waals surface area (Å²) in [5.74, 6) is 0. The lowest BCUT2D eigenvalue weighted by Crippen LogP contribution is -2.50. The number of hydrogen-bond donors (Lipinski definition) is 0. The van der Waals surface area contributed by atoms with Gasteiger partial charge in [0.25, 0.3) is 5.69 Å². The van der Waals surface area contributed by atoms with Gasteiger partial charge in [-0.15, -0.1) is 0 Å². The molecule has 0 unspecified atom stereocenters. The minimum absolute atomic E-state index is 0.0621. The Hall–Kier alpha value is -2.20. The zero-order chi connectivity index (χ0) is 17.9. The maximum Gasteiger partial charge on any atom is 0.409 e. The van der Waals surface area contributed by atoms with Crippen LogP contribution in [0.3, 0.4) is 0 Å². The van der Waals surface area contributed by atoms with E-state index in [0.29, 0.717) is 5.56 Å². The van der Waals surface area contributed by atoms with E-state index in [4.69, 9.17) is 4.74 Å². The summed E-state index contributed by atoms with van der Waals surface area (Å²) in [6, 6.07) is 4.15. The molecule has 9 nitrogen and oxygen atoms in total. The van der Waals surface area contributed by atoms with Gasteiger partial charge in [-0.1, -0.05) is 12.1 Å². The second-order valence-electron chi connectivity index (χ2n) is 5.27. The quantitative estimate of drug-likeness (QED) is 0.594. The Labute approximate surface area is 140 Å². The first-order chi connectivity index (χ1) is 11.3. The maximum atomic E-state index is 12.8. The summed E-state index contributed by atoms with van der Waals surface area (Å²) in [6.07, 6.45) is -0.489. The van der Waals surface area contributed by atoms with Crippen LogP contribution >= 0.6 is 0 Å². The number of piperazine rings is 1. The van der Waals surface area contributed by atoms with Crippen LogP contribution < -0.4 is 0 Å². The smallest absolute Gasteiger partial charge is 0.409 e. The van der Waals surface area contributed by atoms with Crippen molar-refractivity contribution >= 4 is 21.8 Å². The fourth-order valence-corrected chi connectivity index (χ4v) is 4.36. The number of nitrogens with zero attached hydrogens (tertiary/aromatic N) is 3. The van der Waals surface area contributed by atoms with Crippen molar-refractivity contribution in [2.45, 2.75) is 18.7 Å². The first-order valence-electron chi connectivity index (χ1n) is 7.45. The van der Waals surface area contributed by atoms with Gasteiger partial charge in [-0.25, -0.2) is 13.2 Å². The fourth-order valence-electron chi connectivity index (χ4n) is 2.57. The van der Waals surface area contributed by atoms with Crippen molar-refractivity contribution in [3.8, 4) is 0 Å². The van der Waals surface area contributed by atoms with Gasteiger partial charge in [-0.05, 0) is 19.4 Å². The maximum absolute atomic E-state index is 12.8. The number of ether oxygens (including phenoxy) is 1. The van der Waals surface area contributed by atoms with Crippen LogP contribution in [0.1, 0.15) is 12.5 Å². The van der Waals surface area contributed by atoms with Crippen molar-refractivity contribution < 1.29 is 22.9 Å². The van der Waals surface area contributed by atoms with Gasteiger partial charge in [0.2, 0.25) is 10.0 Å². The van der Waals surface area contributed by atoms with Crippen molar-refractivity contribution in [2.75, 3.05) is 32.8 Å². The second-order valence-corrected chi connectivity index (χ2v) is 7.15. The number of rotatable bonds is 4. The lowest BCUT2D eigenvalue weighted by Gasteiger charge is -2.33. The Balaban J connectivity index is 2.25. The van der Waals surface area contributed by atoms with Crippen LogP contribution in [0, 0.1) is 17.0 Å². The topological polar surface area (TPSA) is 110 Å². The van der Waals surface area contributed by atoms with Gasteiger partial charge in [0.05, 0.1) is 11.5 Å². The molecule has 1 aromatic rings. The SMILES string of the molecule is CCOC(=O)N1CCN(S(=O)(=O)c2c(C)cccc2[N+](=O)[O-])CC1. The zero-order valence-electron chi connectivity index (χ0n) is 13.5. The van der Waals surface area contributed by atoms with Crippen molar-refractivity contribution in [1.82, 2.24) is 9.21 Å². The monoisotopic (exact) mass is 357 g/mol. The lowest BCUT2D eigenvalue weighted by molar-refractivity contribution is -0.387. The van der Waals surface area contributed by atoms with Gasteiger partial charge in [-0.3, -0.25) is 10.1 Å². The lowest BCUT2D eigenvalue weighted by atomic mass is 10.2. The predicted octanol–water partition coefficient (Wildman–Crippen LogP) is 1.37. The Bertz CT molecular complexity index is 741. The first kappa shape index (κ1) is 18.1. The van der Waals surface area contributed by atoms with Crippen molar-refractivity contribution in [1.29, 1.82) is 0 Å². The minimum atomic E-state index is -4.02. The van der Waals surface area contributed by atoms with Gasteiger partial charge in [0, 0.05) is 32.2 Å². The average molecular weight is 357 g/mol. The molecule has 1 saturated heterocycles. The van der Waals surface area contributed by atoms with E-state index >= 15 is 0 Å². The van der Waals surface area contributed by atoms with Gasteiger partial charge < -0.3 is 9.64 Å². The van der Waals surface area contributed by atoms with Crippen molar-refractivity contribution in [2.24, 2.45) is 0 Å². The Kier molecular flexibility index (Phi) is 5.40. The molecule has 1 aromatic carbocycles. The molecule has 0 saturated carbocycles. The van der Waals surface area contributed by atoms with Crippen LogP contribution in [0.4, 0.5) is 10.5 Å². The highest BCUT2D eigenvalue weighted by Crippen LogP contribution is 2.30. The van der Waals surface area contributed by atoms with E-state index < -0.39 is 26.7 Å². The Morgan fingerprint density at radius 3 is 2.46 bits per heavy atom. The molecular weight excluding hydrogens is 338 g/mol. The third-order valence-electron chi connectivity index (χ3n) is 3.75. The van der Waals surface area contributed by atoms with Crippen molar-refractivity contribution in [3.05, 3.63) is 33.9 Å². The molecular formula is C14H19N3O6S. The summed E-state index contributed by atoms with van der Waals surface area (Å²) < 4.78 is 31.7. The van der Waals surface area contributed by atoms with Crippen LogP contribution in [0.2, 0.25) is 0 Å². The van der Waals surface area contributed by atoms with Crippen LogP contribution in [-0.4, -0.2) is 61.4 Å². The number of sulfonamides is 1. The highest BCUT2D eigenvalue weighted by atomic mass is 32.2. The van der Waals surface area contributed by atoms with E-state index in [9.17, 15) is 23.3 Å². The molecule has 0 N–H and O–H groups in total. The average Bonchev–Trinajstić information content (AvgIpc) is 2.54. The summed E-state index contributed by atoms with van der Waals surface area (Å²) >= 11 is 0. The van der Waals surface area contributed by atoms with Crippen LogP contribution in [-0.2, 0) is 14.8 Å². The third kappa shape index (κ3) is 3.49. The summed E-state index contributed by atoms with van der Waals surface area (Å²) in [7, 11) is -4.02. The number of benzene rings is 1. The molecule has 0 atom stereocenters. The van der Waals surface area contributed by atoms with Gasteiger partial charge in [0.15, 0.2) is 4.90 Å². The van der Waals surface area contributed by atoms with Crippen LogP contribution in [0.5, 0.6) is 0 Å². The number of carbonyl (C=O) groups is 1. The molecule has 0 spiro atoms. The molecule has 24 heavy (non-hydrogen) atoms. The largest absolute Gasteiger partial charge is 0.450 e. The van der Waals surface area contributed by atoms with Gasteiger partial charge in [-0.2, -0.15) is 4.31 Å². The first-order valence-corrected chi connectivity index (χ1v) is 8.89. The number of amides is 1. The molecule has 132 valence electrons. The van der Waals surface area contributed by atoms with E-state index in [1.807, 2.05) is 0 Å². The number of aryl methyl sites for hydroxylation is 1. The highest BCUT2D eigenvalue weighted by Gasteiger charge is 2.36. The molecule has 10 heteroatoms. The molecule has 1 fully saturated rings. The number of nitro benzene ring substituents is 1. The minimum Gasteiger partial charge on any atom is -0.450 e. The molecule has 1 aliphatic heterocycles. The van der Waals surface area contributed by atoms with Gasteiger partial charge in [0.1, 0.15) is 0 Å². The second kappa shape index (κ2) is 7.14. The molecule has 0 aliphatic carbocycles. The summed E-state index contributed by atoms with van der Waals surface area (Å²) in [4.78, 5) is 23.3. The van der Waals surface area contributed by atoms with E-state index in [1.165, 1.54) is 30.0 Å². The van der Waals surface area contributed by atoms with Gasteiger partial charge >= 0.3 is 6.09 Å².